The highest BCUT2D eigenvalue weighted by Crippen LogP contribution is 2.35. The van der Waals surface area contributed by atoms with Crippen LogP contribution in [-0.4, -0.2) is 73.5 Å². The van der Waals surface area contributed by atoms with E-state index in [1.54, 1.807) is 0 Å². The molecule has 3 aliphatic rings. The highest BCUT2D eigenvalue weighted by Gasteiger charge is 2.40. The SMILES string of the molecule is O=C(CN1CCCN(Cc2ccc(Cl)cc2)CC1)NC1CCC2(CC1)OCCO2. The van der Waals surface area contributed by atoms with E-state index in [9.17, 15) is 4.79 Å². The van der Waals surface area contributed by atoms with Gasteiger partial charge in [0.15, 0.2) is 5.79 Å². The van der Waals surface area contributed by atoms with Crippen LogP contribution in [0.25, 0.3) is 0 Å². The van der Waals surface area contributed by atoms with Crippen LogP contribution in [0, 0.1) is 0 Å². The maximum absolute atomic E-state index is 12.6. The summed E-state index contributed by atoms with van der Waals surface area (Å²) in [5.41, 5.74) is 1.28. The molecule has 1 amide bonds. The van der Waals surface area contributed by atoms with E-state index >= 15 is 0 Å². The summed E-state index contributed by atoms with van der Waals surface area (Å²) in [6, 6.07) is 8.32. The summed E-state index contributed by atoms with van der Waals surface area (Å²) in [6.45, 7) is 6.76. The zero-order valence-corrected chi connectivity index (χ0v) is 17.8. The van der Waals surface area contributed by atoms with E-state index < -0.39 is 0 Å². The van der Waals surface area contributed by atoms with E-state index in [4.69, 9.17) is 21.1 Å². The second-order valence-corrected chi connectivity index (χ2v) is 8.92. The molecule has 7 heteroatoms. The molecule has 1 aliphatic carbocycles. The number of nitrogens with one attached hydrogen (secondary N) is 1. The number of carbonyl (C=O) groups is 1. The summed E-state index contributed by atoms with van der Waals surface area (Å²) in [4.78, 5) is 17.3. The predicted molar refractivity (Wildman–Crippen MR) is 113 cm³/mol. The summed E-state index contributed by atoms with van der Waals surface area (Å²) in [5, 5.41) is 4.01. The number of halogens is 1. The number of benzene rings is 1. The van der Waals surface area contributed by atoms with Gasteiger partial charge in [0.25, 0.3) is 0 Å². The van der Waals surface area contributed by atoms with Crippen molar-refractivity contribution in [3.05, 3.63) is 34.9 Å². The number of rotatable bonds is 5. The van der Waals surface area contributed by atoms with Gasteiger partial charge in [0, 0.05) is 43.5 Å². The van der Waals surface area contributed by atoms with Crippen molar-refractivity contribution in [1.29, 1.82) is 0 Å². The fraction of sp³-hybridized carbons (Fsp3) is 0.682. The highest BCUT2D eigenvalue weighted by atomic mass is 35.5. The molecule has 1 spiro atoms. The molecule has 2 heterocycles. The van der Waals surface area contributed by atoms with E-state index in [1.807, 2.05) is 12.1 Å². The minimum atomic E-state index is -0.362. The first-order chi connectivity index (χ1) is 14.1. The van der Waals surface area contributed by atoms with Crippen LogP contribution < -0.4 is 5.32 Å². The molecule has 1 aromatic rings. The lowest BCUT2D eigenvalue weighted by Gasteiger charge is -2.35. The minimum Gasteiger partial charge on any atom is -0.352 e. The second kappa shape index (κ2) is 9.75. The van der Waals surface area contributed by atoms with Crippen LogP contribution in [0.2, 0.25) is 5.02 Å². The van der Waals surface area contributed by atoms with Crippen LogP contribution >= 0.6 is 11.6 Å². The normalized spacial score (nSPS) is 23.9. The van der Waals surface area contributed by atoms with Gasteiger partial charge in [-0.1, -0.05) is 23.7 Å². The molecule has 160 valence electrons. The van der Waals surface area contributed by atoms with Gasteiger partial charge in [0.05, 0.1) is 19.8 Å². The van der Waals surface area contributed by atoms with Crippen LogP contribution in [0.4, 0.5) is 0 Å². The first kappa shape index (κ1) is 21.1. The molecule has 0 aromatic heterocycles. The van der Waals surface area contributed by atoms with Gasteiger partial charge in [-0.25, -0.2) is 0 Å². The Morgan fingerprint density at radius 3 is 2.41 bits per heavy atom. The summed E-state index contributed by atoms with van der Waals surface area (Å²) >= 11 is 5.98. The maximum Gasteiger partial charge on any atom is 0.234 e. The molecule has 3 fully saturated rings. The predicted octanol–water partition coefficient (Wildman–Crippen LogP) is 2.65. The fourth-order valence-electron chi connectivity index (χ4n) is 4.65. The molecule has 2 saturated heterocycles. The molecule has 1 aromatic carbocycles. The minimum absolute atomic E-state index is 0.144. The fourth-order valence-corrected chi connectivity index (χ4v) is 4.78. The first-order valence-corrected chi connectivity index (χ1v) is 11.2. The molecule has 6 nitrogen and oxygen atoms in total. The Labute approximate surface area is 178 Å². The van der Waals surface area contributed by atoms with Crippen molar-refractivity contribution in [3.63, 3.8) is 0 Å². The van der Waals surface area contributed by atoms with Crippen molar-refractivity contribution in [2.75, 3.05) is 45.9 Å². The van der Waals surface area contributed by atoms with Crippen LogP contribution in [0.5, 0.6) is 0 Å². The van der Waals surface area contributed by atoms with Gasteiger partial charge < -0.3 is 14.8 Å². The van der Waals surface area contributed by atoms with Gasteiger partial charge in [0.2, 0.25) is 5.91 Å². The van der Waals surface area contributed by atoms with E-state index in [0.717, 1.165) is 69.9 Å². The number of amides is 1. The van der Waals surface area contributed by atoms with Crippen molar-refractivity contribution in [2.45, 2.75) is 50.5 Å². The largest absolute Gasteiger partial charge is 0.352 e. The zero-order valence-electron chi connectivity index (χ0n) is 17.1. The molecular weight excluding hydrogens is 390 g/mol. The average Bonchev–Trinajstić information content (AvgIpc) is 3.06. The van der Waals surface area contributed by atoms with Crippen molar-refractivity contribution in [2.24, 2.45) is 0 Å². The van der Waals surface area contributed by atoms with Crippen molar-refractivity contribution in [3.8, 4) is 0 Å². The summed E-state index contributed by atoms with van der Waals surface area (Å²) in [7, 11) is 0. The van der Waals surface area contributed by atoms with Gasteiger partial charge >= 0.3 is 0 Å². The molecule has 29 heavy (non-hydrogen) atoms. The summed E-state index contributed by atoms with van der Waals surface area (Å²) < 4.78 is 11.5. The van der Waals surface area contributed by atoms with Gasteiger partial charge in [0.1, 0.15) is 0 Å². The number of ether oxygens (including phenoxy) is 2. The van der Waals surface area contributed by atoms with Crippen LogP contribution in [0.15, 0.2) is 24.3 Å². The highest BCUT2D eigenvalue weighted by molar-refractivity contribution is 6.30. The molecule has 0 unspecified atom stereocenters. The van der Waals surface area contributed by atoms with E-state index in [2.05, 4.69) is 27.2 Å². The molecule has 4 rings (SSSR count). The Balaban J connectivity index is 1.18. The third-order valence-corrected chi connectivity index (χ3v) is 6.55. The Hall–Kier alpha value is -1.18. The molecule has 2 aliphatic heterocycles. The summed E-state index contributed by atoms with van der Waals surface area (Å²) in [6.07, 6.45) is 4.70. The van der Waals surface area contributed by atoms with Gasteiger partial charge in [-0.2, -0.15) is 0 Å². The van der Waals surface area contributed by atoms with Crippen molar-refractivity contribution in [1.82, 2.24) is 15.1 Å². The third-order valence-electron chi connectivity index (χ3n) is 6.29. The molecule has 0 atom stereocenters. The molecule has 1 N–H and O–H groups in total. The van der Waals surface area contributed by atoms with Gasteiger partial charge in [-0.05, 0) is 50.0 Å². The van der Waals surface area contributed by atoms with Crippen LogP contribution in [-0.2, 0) is 20.8 Å². The molecule has 0 bridgehead atoms. The van der Waals surface area contributed by atoms with E-state index in [1.165, 1.54) is 5.56 Å². The van der Waals surface area contributed by atoms with Crippen molar-refractivity contribution < 1.29 is 14.3 Å². The number of carbonyl (C=O) groups excluding carboxylic acids is 1. The Bertz CT molecular complexity index is 668. The van der Waals surface area contributed by atoms with Crippen molar-refractivity contribution >= 4 is 17.5 Å². The smallest absolute Gasteiger partial charge is 0.234 e. The Morgan fingerprint density at radius 1 is 1.03 bits per heavy atom. The Morgan fingerprint density at radius 2 is 1.69 bits per heavy atom. The first-order valence-electron chi connectivity index (χ1n) is 10.9. The lowest BCUT2D eigenvalue weighted by molar-refractivity contribution is -0.180. The topological polar surface area (TPSA) is 54.0 Å². The van der Waals surface area contributed by atoms with E-state index in [-0.39, 0.29) is 17.7 Å². The van der Waals surface area contributed by atoms with Gasteiger partial charge in [-0.15, -0.1) is 0 Å². The van der Waals surface area contributed by atoms with Crippen LogP contribution in [0.3, 0.4) is 0 Å². The standard InChI is InChI=1S/C22H32ClN3O3/c23-19-4-2-18(3-5-19)16-25-10-1-11-26(13-12-25)17-21(27)24-20-6-8-22(9-7-20)28-14-15-29-22/h2-5,20H,1,6-17H2,(H,24,27). The number of nitrogens with zero attached hydrogens (tertiary/aromatic N) is 2. The molecule has 0 radical (unpaired) electrons. The molecular formula is C22H32ClN3O3. The monoisotopic (exact) mass is 421 g/mol. The number of hydrogen-bond acceptors (Lipinski definition) is 5. The summed E-state index contributed by atoms with van der Waals surface area (Å²) in [5.74, 6) is -0.218. The maximum atomic E-state index is 12.6. The quantitative estimate of drug-likeness (QED) is 0.792. The van der Waals surface area contributed by atoms with Crippen LogP contribution in [0.1, 0.15) is 37.7 Å². The molecule has 1 saturated carbocycles. The lowest BCUT2D eigenvalue weighted by atomic mass is 9.90. The number of hydrogen-bond donors (Lipinski definition) is 1. The average molecular weight is 422 g/mol. The Kier molecular flexibility index (Phi) is 7.08. The van der Waals surface area contributed by atoms with E-state index in [0.29, 0.717) is 19.8 Å². The second-order valence-electron chi connectivity index (χ2n) is 8.48. The lowest BCUT2D eigenvalue weighted by Crippen LogP contribution is -2.47. The zero-order chi connectivity index (χ0) is 20.1. The van der Waals surface area contributed by atoms with Gasteiger partial charge in [-0.3, -0.25) is 14.6 Å². The third kappa shape index (κ3) is 5.92.